The highest BCUT2D eigenvalue weighted by molar-refractivity contribution is 6.35. The van der Waals surface area contributed by atoms with E-state index in [0.717, 1.165) is 0 Å². The van der Waals surface area contributed by atoms with E-state index in [9.17, 15) is 9.90 Å². The molecule has 19 heavy (non-hydrogen) atoms. The number of hydrogen-bond acceptors (Lipinski definition) is 3. The molecule has 2 N–H and O–H groups in total. The van der Waals surface area contributed by atoms with Gasteiger partial charge in [0.25, 0.3) is 0 Å². The summed E-state index contributed by atoms with van der Waals surface area (Å²) in [6.07, 6.45) is 0. The van der Waals surface area contributed by atoms with Crippen molar-refractivity contribution in [2.24, 2.45) is 0 Å². The lowest BCUT2D eigenvalue weighted by molar-refractivity contribution is 0.409. The van der Waals surface area contributed by atoms with Gasteiger partial charge < -0.3 is 14.8 Å². The van der Waals surface area contributed by atoms with Crippen LogP contribution in [0.4, 0.5) is 0 Å². The predicted octanol–water partition coefficient (Wildman–Crippen LogP) is 3.05. The van der Waals surface area contributed by atoms with Crippen LogP contribution in [0.15, 0.2) is 35.1 Å². The first kappa shape index (κ1) is 11.9. The van der Waals surface area contributed by atoms with Gasteiger partial charge in [0.05, 0.1) is 28.6 Å². The normalized spacial score (nSPS) is 11.1. The molecule has 0 bridgehead atoms. The van der Waals surface area contributed by atoms with E-state index in [-0.39, 0.29) is 16.6 Å². The lowest BCUT2D eigenvalue weighted by Gasteiger charge is -2.07. The predicted molar refractivity (Wildman–Crippen MR) is 75.3 cm³/mol. The Hall–Kier alpha value is -2.20. The molecule has 3 aromatic rings. The standard InChI is InChI=1S/C14H10ClNO3/c1-19-7-5-10-12(11(17)6-7)14(18)8-3-2-4-9(15)13(8)16-10/h2-6,17H,1H3,(H,16,18). The van der Waals surface area contributed by atoms with Gasteiger partial charge in [-0.3, -0.25) is 4.79 Å². The Kier molecular flexibility index (Phi) is 2.61. The number of H-pyrrole nitrogens is 1. The van der Waals surface area contributed by atoms with Crippen molar-refractivity contribution in [2.75, 3.05) is 7.11 Å². The van der Waals surface area contributed by atoms with E-state index in [1.165, 1.54) is 13.2 Å². The molecule has 0 radical (unpaired) electrons. The molecule has 0 amide bonds. The zero-order valence-electron chi connectivity index (χ0n) is 10.0. The summed E-state index contributed by atoms with van der Waals surface area (Å²) in [5.41, 5.74) is 0.781. The molecule has 0 unspecified atom stereocenters. The van der Waals surface area contributed by atoms with Gasteiger partial charge >= 0.3 is 0 Å². The summed E-state index contributed by atoms with van der Waals surface area (Å²) >= 11 is 6.08. The number of hydrogen-bond donors (Lipinski definition) is 2. The van der Waals surface area contributed by atoms with Gasteiger partial charge in [-0.05, 0) is 12.1 Å². The van der Waals surface area contributed by atoms with Crippen LogP contribution >= 0.6 is 11.6 Å². The maximum absolute atomic E-state index is 12.4. The third-order valence-electron chi connectivity index (χ3n) is 3.07. The monoisotopic (exact) mass is 275 g/mol. The number of aromatic nitrogens is 1. The van der Waals surface area contributed by atoms with E-state index in [0.29, 0.717) is 27.2 Å². The smallest absolute Gasteiger partial charge is 0.201 e. The highest BCUT2D eigenvalue weighted by Gasteiger charge is 2.12. The Morgan fingerprint density at radius 2 is 2.11 bits per heavy atom. The van der Waals surface area contributed by atoms with Gasteiger partial charge in [0, 0.05) is 17.5 Å². The molecular formula is C14H10ClNO3. The van der Waals surface area contributed by atoms with Crippen LogP contribution < -0.4 is 10.2 Å². The topological polar surface area (TPSA) is 62.3 Å². The fraction of sp³-hybridized carbons (Fsp3) is 0.0714. The lowest BCUT2D eigenvalue weighted by atomic mass is 10.1. The molecule has 0 aliphatic carbocycles. The molecule has 1 heterocycles. The average Bonchev–Trinajstić information content (AvgIpc) is 2.39. The van der Waals surface area contributed by atoms with E-state index in [4.69, 9.17) is 16.3 Å². The first-order valence-corrected chi connectivity index (χ1v) is 6.01. The van der Waals surface area contributed by atoms with Crippen LogP contribution in [-0.2, 0) is 0 Å². The van der Waals surface area contributed by atoms with Crippen molar-refractivity contribution in [3.05, 3.63) is 45.6 Å². The summed E-state index contributed by atoms with van der Waals surface area (Å²) in [6, 6.07) is 8.13. The van der Waals surface area contributed by atoms with Crippen molar-refractivity contribution in [2.45, 2.75) is 0 Å². The Labute approximate surface area is 113 Å². The molecule has 0 aliphatic heterocycles. The Morgan fingerprint density at radius 3 is 2.84 bits per heavy atom. The molecule has 0 aliphatic rings. The molecule has 0 atom stereocenters. The Bertz CT molecular complexity index is 855. The van der Waals surface area contributed by atoms with Gasteiger partial charge in [-0.2, -0.15) is 0 Å². The number of aromatic hydroxyl groups is 1. The molecule has 3 rings (SSSR count). The number of para-hydroxylation sites is 1. The van der Waals surface area contributed by atoms with E-state index in [2.05, 4.69) is 4.98 Å². The molecule has 0 spiro atoms. The first-order chi connectivity index (χ1) is 9.11. The summed E-state index contributed by atoms with van der Waals surface area (Å²) in [4.78, 5) is 15.4. The van der Waals surface area contributed by atoms with E-state index in [1.54, 1.807) is 24.3 Å². The maximum Gasteiger partial charge on any atom is 0.201 e. The van der Waals surface area contributed by atoms with Crippen LogP contribution in [0, 0.1) is 0 Å². The Morgan fingerprint density at radius 1 is 1.32 bits per heavy atom. The second-order valence-corrected chi connectivity index (χ2v) is 4.59. The van der Waals surface area contributed by atoms with Gasteiger partial charge in [0.1, 0.15) is 11.5 Å². The largest absolute Gasteiger partial charge is 0.507 e. The number of fused-ring (bicyclic) bond motifs is 2. The van der Waals surface area contributed by atoms with Crippen molar-refractivity contribution in [1.29, 1.82) is 0 Å². The van der Waals surface area contributed by atoms with Crippen molar-refractivity contribution >= 4 is 33.4 Å². The van der Waals surface area contributed by atoms with E-state index in [1.807, 2.05) is 0 Å². The number of methoxy groups -OCH3 is 1. The fourth-order valence-electron chi connectivity index (χ4n) is 2.17. The molecule has 5 heteroatoms. The number of benzene rings is 2. The minimum absolute atomic E-state index is 0.113. The van der Waals surface area contributed by atoms with Crippen molar-refractivity contribution in [3.8, 4) is 11.5 Å². The molecule has 0 fully saturated rings. The summed E-state index contributed by atoms with van der Waals surface area (Å²) in [5, 5.41) is 11.1. The van der Waals surface area contributed by atoms with Crippen molar-refractivity contribution < 1.29 is 9.84 Å². The molecule has 0 saturated carbocycles. The molecule has 96 valence electrons. The second-order valence-electron chi connectivity index (χ2n) is 4.19. The van der Waals surface area contributed by atoms with Crippen LogP contribution in [-0.4, -0.2) is 17.2 Å². The minimum Gasteiger partial charge on any atom is -0.507 e. The van der Waals surface area contributed by atoms with Crippen LogP contribution in [0.5, 0.6) is 11.5 Å². The quantitative estimate of drug-likeness (QED) is 0.671. The van der Waals surface area contributed by atoms with Crippen LogP contribution in [0.25, 0.3) is 21.8 Å². The van der Waals surface area contributed by atoms with Gasteiger partial charge in [-0.15, -0.1) is 0 Å². The lowest BCUT2D eigenvalue weighted by Crippen LogP contribution is -2.05. The van der Waals surface area contributed by atoms with Gasteiger partial charge in [-0.25, -0.2) is 0 Å². The molecule has 4 nitrogen and oxygen atoms in total. The maximum atomic E-state index is 12.4. The summed E-state index contributed by atoms with van der Waals surface area (Å²) < 4.78 is 5.07. The highest BCUT2D eigenvalue weighted by Crippen LogP contribution is 2.29. The highest BCUT2D eigenvalue weighted by atomic mass is 35.5. The number of pyridine rings is 1. The van der Waals surface area contributed by atoms with E-state index < -0.39 is 0 Å². The average molecular weight is 276 g/mol. The van der Waals surface area contributed by atoms with E-state index >= 15 is 0 Å². The number of aromatic amines is 1. The van der Waals surface area contributed by atoms with Crippen LogP contribution in [0.1, 0.15) is 0 Å². The molecule has 1 aromatic heterocycles. The molecular weight excluding hydrogens is 266 g/mol. The SMILES string of the molecule is COc1cc(O)c2c(=O)c3cccc(Cl)c3[nH]c2c1. The number of rotatable bonds is 1. The second kappa shape index (κ2) is 4.17. The fourth-order valence-corrected chi connectivity index (χ4v) is 2.39. The Balaban J connectivity index is 2.58. The van der Waals surface area contributed by atoms with Crippen LogP contribution in [0.2, 0.25) is 5.02 Å². The summed E-state index contributed by atoms with van der Waals surface area (Å²) in [6.45, 7) is 0. The van der Waals surface area contributed by atoms with Gasteiger partial charge in [-0.1, -0.05) is 17.7 Å². The van der Waals surface area contributed by atoms with Gasteiger partial charge in [0.15, 0.2) is 0 Å². The third-order valence-corrected chi connectivity index (χ3v) is 3.39. The third kappa shape index (κ3) is 1.72. The number of halogens is 1. The number of phenols is 1. The zero-order chi connectivity index (χ0) is 13.6. The number of ether oxygens (including phenoxy) is 1. The first-order valence-electron chi connectivity index (χ1n) is 5.63. The number of nitrogens with one attached hydrogen (secondary N) is 1. The molecule has 2 aromatic carbocycles. The summed E-state index contributed by atoms with van der Waals surface area (Å²) in [5.74, 6) is 0.351. The minimum atomic E-state index is -0.258. The van der Waals surface area contributed by atoms with Crippen molar-refractivity contribution in [3.63, 3.8) is 0 Å². The molecule has 0 saturated heterocycles. The van der Waals surface area contributed by atoms with Gasteiger partial charge in [0.2, 0.25) is 5.43 Å². The summed E-state index contributed by atoms with van der Waals surface area (Å²) in [7, 11) is 1.49. The van der Waals surface area contributed by atoms with Crippen molar-refractivity contribution in [1.82, 2.24) is 4.98 Å². The zero-order valence-corrected chi connectivity index (χ0v) is 10.8. The number of phenolic OH excluding ortho intramolecular Hbond substituents is 1. The van der Waals surface area contributed by atoms with Crippen LogP contribution in [0.3, 0.4) is 0 Å².